The van der Waals surface area contributed by atoms with Crippen molar-refractivity contribution in [3.8, 4) is 5.69 Å². The summed E-state index contributed by atoms with van der Waals surface area (Å²) in [6, 6.07) is 5.99. The van der Waals surface area contributed by atoms with Gasteiger partial charge in [0.05, 0.1) is 23.9 Å². The normalized spacial score (nSPS) is 10.8. The summed E-state index contributed by atoms with van der Waals surface area (Å²) < 4.78 is 19.5. The number of benzene rings is 1. The van der Waals surface area contributed by atoms with Crippen molar-refractivity contribution >= 4 is 11.6 Å². The summed E-state index contributed by atoms with van der Waals surface area (Å²) in [7, 11) is 1.58. The first kappa shape index (κ1) is 12.0. The van der Waals surface area contributed by atoms with Crippen LogP contribution in [0, 0.1) is 5.82 Å². The number of methoxy groups -OCH3 is 1. The quantitative estimate of drug-likeness (QED) is 0.787. The van der Waals surface area contributed by atoms with Crippen LogP contribution in [-0.2, 0) is 17.2 Å². The minimum absolute atomic E-state index is 0.264. The number of halogens is 2. The van der Waals surface area contributed by atoms with E-state index in [0.29, 0.717) is 12.3 Å². The summed E-state index contributed by atoms with van der Waals surface area (Å²) in [4.78, 5) is 0. The molecular weight excluding hydrogens is 245 g/mol. The van der Waals surface area contributed by atoms with Gasteiger partial charge in [0, 0.05) is 7.11 Å². The van der Waals surface area contributed by atoms with Crippen LogP contribution in [0.15, 0.2) is 24.3 Å². The van der Waals surface area contributed by atoms with Crippen molar-refractivity contribution in [2.24, 2.45) is 0 Å². The second-order valence-corrected chi connectivity index (χ2v) is 3.70. The minimum Gasteiger partial charge on any atom is -0.378 e. The predicted molar refractivity (Wildman–Crippen MR) is 61.6 cm³/mol. The number of rotatable bonds is 4. The van der Waals surface area contributed by atoms with E-state index in [9.17, 15) is 4.39 Å². The van der Waals surface area contributed by atoms with Crippen molar-refractivity contribution < 1.29 is 9.13 Å². The fraction of sp³-hybridized carbons (Fsp3) is 0.273. The standard InChI is InChI=1S/C11H11ClFN3O/c1-17-7-11-10(6-12)14-15-16(11)9-4-2-8(13)3-5-9/h2-5H,6-7H2,1H3. The van der Waals surface area contributed by atoms with Crippen molar-refractivity contribution in [1.82, 2.24) is 15.0 Å². The summed E-state index contributed by atoms with van der Waals surface area (Å²) in [6.07, 6.45) is 0. The lowest BCUT2D eigenvalue weighted by Crippen LogP contribution is -2.04. The fourth-order valence-electron chi connectivity index (χ4n) is 1.51. The number of nitrogens with zero attached hydrogens (tertiary/aromatic N) is 3. The Bertz CT molecular complexity index is 498. The Balaban J connectivity index is 2.43. The molecule has 0 unspecified atom stereocenters. The SMILES string of the molecule is COCc1c(CCl)nnn1-c1ccc(F)cc1. The van der Waals surface area contributed by atoms with Gasteiger partial charge in [-0.2, -0.15) is 0 Å². The van der Waals surface area contributed by atoms with Gasteiger partial charge >= 0.3 is 0 Å². The Morgan fingerprint density at radius 2 is 2.06 bits per heavy atom. The van der Waals surface area contributed by atoms with Gasteiger partial charge in [-0.1, -0.05) is 5.21 Å². The zero-order valence-corrected chi connectivity index (χ0v) is 9.99. The first-order valence-corrected chi connectivity index (χ1v) is 5.54. The molecule has 0 bridgehead atoms. The van der Waals surface area contributed by atoms with Gasteiger partial charge in [0.15, 0.2) is 0 Å². The van der Waals surface area contributed by atoms with Gasteiger partial charge in [-0.05, 0) is 24.3 Å². The first-order valence-electron chi connectivity index (χ1n) is 5.00. The molecule has 0 saturated carbocycles. The van der Waals surface area contributed by atoms with Gasteiger partial charge in [-0.3, -0.25) is 0 Å². The third-order valence-electron chi connectivity index (χ3n) is 2.32. The zero-order chi connectivity index (χ0) is 12.3. The van der Waals surface area contributed by atoms with Crippen molar-refractivity contribution in [1.29, 1.82) is 0 Å². The monoisotopic (exact) mass is 255 g/mol. The van der Waals surface area contributed by atoms with Crippen LogP contribution in [-0.4, -0.2) is 22.1 Å². The first-order chi connectivity index (χ1) is 8.26. The van der Waals surface area contributed by atoms with E-state index in [0.717, 1.165) is 11.4 Å². The third-order valence-corrected chi connectivity index (χ3v) is 2.58. The molecule has 0 fully saturated rings. The van der Waals surface area contributed by atoms with E-state index in [-0.39, 0.29) is 11.7 Å². The van der Waals surface area contributed by atoms with E-state index >= 15 is 0 Å². The van der Waals surface area contributed by atoms with E-state index in [1.54, 1.807) is 23.9 Å². The smallest absolute Gasteiger partial charge is 0.123 e. The molecule has 0 N–H and O–H groups in total. The van der Waals surface area contributed by atoms with E-state index in [4.69, 9.17) is 16.3 Å². The van der Waals surface area contributed by atoms with Crippen LogP contribution in [0.4, 0.5) is 4.39 Å². The third kappa shape index (κ3) is 2.45. The van der Waals surface area contributed by atoms with Gasteiger partial charge in [-0.15, -0.1) is 16.7 Å². The molecule has 4 nitrogen and oxygen atoms in total. The topological polar surface area (TPSA) is 39.9 Å². The Labute approximate surface area is 103 Å². The van der Waals surface area contributed by atoms with Gasteiger partial charge in [0.1, 0.15) is 11.5 Å². The molecule has 1 heterocycles. The summed E-state index contributed by atoms with van der Waals surface area (Å²) in [5, 5.41) is 7.94. The molecule has 2 rings (SSSR count). The highest BCUT2D eigenvalue weighted by Crippen LogP contribution is 2.15. The molecule has 0 saturated heterocycles. The second kappa shape index (κ2) is 5.25. The average molecular weight is 256 g/mol. The van der Waals surface area contributed by atoms with Gasteiger partial charge in [0.2, 0.25) is 0 Å². The van der Waals surface area contributed by atoms with Gasteiger partial charge < -0.3 is 4.74 Å². The Morgan fingerprint density at radius 3 is 2.65 bits per heavy atom. The summed E-state index contributed by atoms with van der Waals surface area (Å²) >= 11 is 5.76. The number of alkyl halides is 1. The van der Waals surface area contributed by atoms with Crippen LogP contribution in [0.2, 0.25) is 0 Å². The van der Waals surface area contributed by atoms with Crippen molar-refractivity contribution in [2.45, 2.75) is 12.5 Å². The molecule has 0 aliphatic carbocycles. The highest BCUT2D eigenvalue weighted by molar-refractivity contribution is 6.16. The minimum atomic E-state index is -0.292. The Hall–Kier alpha value is -1.46. The molecule has 0 aliphatic heterocycles. The molecule has 90 valence electrons. The maximum atomic E-state index is 12.8. The number of hydrogen-bond acceptors (Lipinski definition) is 3. The molecule has 17 heavy (non-hydrogen) atoms. The van der Waals surface area contributed by atoms with Crippen LogP contribution < -0.4 is 0 Å². The molecular formula is C11H11ClFN3O. The van der Waals surface area contributed by atoms with E-state index in [1.165, 1.54) is 12.1 Å². The maximum absolute atomic E-state index is 12.8. The fourth-order valence-corrected chi connectivity index (χ4v) is 1.72. The molecule has 1 aromatic heterocycles. The van der Waals surface area contributed by atoms with Gasteiger partial charge in [0.25, 0.3) is 0 Å². The Morgan fingerprint density at radius 1 is 1.35 bits per heavy atom. The Kier molecular flexibility index (Phi) is 3.71. The van der Waals surface area contributed by atoms with Gasteiger partial charge in [-0.25, -0.2) is 9.07 Å². The molecule has 0 atom stereocenters. The lowest BCUT2D eigenvalue weighted by Gasteiger charge is -2.06. The average Bonchev–Trinajstić information content (AvgIpc) is 2.74. The molecule has 6 heteroatoms. The zero-order valence-electron chi connectivity index (χ0n) is 9.23. The number of aromatic nitrogens is 3. The summed E-state index contributed by atoms with van der Waals surface area (Å²) in [6.45, 7) is 0.354. The molecule has 1 aromatic carbocycles. The summed E-state index contributed by atoms with van der Waals surface area (Å²) in [5.41, 5.74) is 2.16. The molecule has 0 amide bonds. The van der Waals surface area contributed by atoms with Crippen molar-refractivity contribution in [3.05, 3.63) is 41.5 Å². The largest absolute Gasteiger partial charge is 0.378 e. The maximum Gasteiger partial charge on any atom is 0.123 e. The second-order valence-electron chi connectivity index (χ2n) is 3.44. The lowest BCUT2D eigenvalue weighted by molar-refractivity contribution is 0.178. The summed E-state index contributed by atoms with van der Waals surface area (Å²) in [5.74, 6) is -0.0281. The van der Waals surface area contributed by atoms with E-state index in [1.807, 2.05) is 0 Å². The van der Waals surface area contributed by atoms with E-state index in [2.05, 4.69) is 10.3 Å². The van der Waals surface area contributed by atoms with Crippen molar-refractivity contribution in [3.63, 3.8) is 0 Å². The van der Waals surface area contributed by atoms with Crippen LogP contribution in [0.5, 0.6) is 0 Å². The predicted octanol–water partition coefficient (Wildman–Crippen LogP) is 2.29. The van der Waals surface area contributed by atoms with Crippen LogP contribution in [0.3, 0.4) is 0 Å². The number of ether oxygens (including phenoxy) is 1. The molecule has 0 aliphatic rings. The van der Waals surface area contributed by atoms with Crippen LogP contribution in [0.1, 0.15) is 11.4 Å². The van der Waals surface area contributed by atoms with E-state index < -0.39 is 0 Å². The highest BCUT2D eigenvalue weighted by Gasteiger charge is 2.13. The van der Waals surface area contributed by atoms with Crippen molar-refractivity contribution in [2.75, 3.05) is 7.11 Å². The van der Waals surface area contributed by atoms with Crippen LogP contribution in [0.25, 0.3) is 5.69 Å². The highest BCUT2D eigenvalue weighted by atomic mass is 35.5. The lowest BCUT2D eigenvalue weighted by atomic mass is 10.3. The van der Waals surface area contributed by atoms with Crippen LogP contribution >= 0.6 is 11.6 Å². The molecule has 0 spiro atoms. The molecule has 2 aromatic rings. The number of hydrogen-bond donors (Lipinski definition) is 0. The molecule has 0 radical (unpaired) electrons.